The van der Waals surface area contributed by atoms with Crippen LogP contribution in [-0.2, 0) is 6.54 Å². The fraction of sp³-hybridized carbons (Fsp3) is 0.444. The van der Waals surface area contributed by atoms with Crippen LogP contribution in [0.4, 0.5) is 4.39 Å². The highest BCUT2D eigenvalue weighted by atomic mass is 19.1. The van der Waals surface area contributed by atoms with Gasteiger partial charge in [0.15, 0.2) is 0 Å². The molecule has 0 radical (unpaired) electrons. The molecule has 1 aromatic carbocycles. The van der Waals surface area contributed by atoms with Crippen LogP contribution in [0.1, 0.15) is 44.4 Å². The molecular weight excluding hydrogens is 263 g/mol. The van der Waals surface area contributed by atoms with Gasteiger partial charge in [0.25, 0.3) is 0 Å². The van der Waals surface area contributed by atoms with E-state index in [1.807, 2.05) is 12.1 Å². The number of hydrogen-bond acceptors (Lipinski definition) is 1. The zero-order chi connectivity index (χ0) is 15.2. The van der Waals surface area contributed by atoms with Gasteiger partial charge in [0, 0.05) is 25.0 Å². The van der Waals surface area contributed by atoms with E-state index in [4.69, 9.17) is 0 Å². The molecule has 0 spiro atoms. The van der Waals surface area contributed by atoms with E-state index in [-0.39, 0.29) is 5.82 Å². The summed E-state index contributed by atoms with van der Waals surface area (Å²) in [5.74, 6) is 0.369. The summed E-state index contributed by atoms with van der Waals surface area (Å²) in [6.07, 6.45) is 5.43. The van der Waals surface area contributed by atoms with Crippen molar-refractivity contribution in [1.29, 1.82) is 0 Å². The number of halogens is 1. The third kappa shape index (κ3) is 4.43. The van der Waals surface area contributed by atoms with Crippen LogP contribution in [0.5, 0.6) is 0 Å². The Hall–Kier alpha value is -1.61. The number of hydrogen-bond donors (Lipinski definition) is 1. The van der Waals surface area contributed by atoms with Crippen molar-refractivity contribution in [3.63, 3.8) is 0 Å². The standard InChI is InChI=1S/C18H25FN2/c1-4-10-20-18(14(2)3)16-9-11-21(13-16)12-15-5-7-17(19)8-6-15/h5-9,11,13-14,18,20H,4,10,12H2,1-3H3. The predicted octanol–water partition coefficient (Wildman–Crippen LogP) is 4.37. The largest absolute Gasteiger partial charge is 0.350 e. The highest BCUT2D eigenvalue weighted by Gasteiger charge is 2.15. The first-order valence-electron chi connectivity index (χ1n) is 7.73. The van der Waals surface area contributed by atoms with Gasteiger partial charge in [0.2, 0.25) is 0 Å². The lowest BCUT2D eigenvalue weighted by Crippen LogP contribution is -2.26. The molecule has 3 heteroatoms. The number of benzene rings is 1. The Labute approximate surface area is 127 Å². The molecule has 0 saturated heterocycles. The second-order valence-electron chi connectivity index (χ2n) is 5.92. The van der Waals surface area contributed by atoms with Crippen molar-refractivity contribution in [2.24, 2.45) is 5.92 Å². The van der Waals surface area contributed by atoms with Crippen LogP contribution in [0.3, 0.4) is 0 Å². The summed E-state index contributed by atoms with van der Waals surface area (Å²) in [6, 6.07) is 9.27. The molecule has 0 bridgehead atoms. The average molecular weight is 288 g/mol. The zero-order valence-corrected chi connectivity index (χ0v) is 13.1. The van der Waals surface area contributed by atoms with Gasteiger partial charge in [-0.05, 0) is 48.2 Å². The third-order valence-electron chi connectivity index (χ3n) is 3.69. The van der Waals surface area contributed by atoms with Crippen molar-refractivity contribution in [2.75, 3.05) is 6.54 Å². The van der Waals surface area contributed by atoms with Crippen molar-refractivity contribution in [3.05, 3.63) is 59.7 Å². The van der Waals surface area contributed by atoms with Crippen molar-refractivity contribution >= 4 is 0 Å². The second kappa shape index (κ2) is 7.41. The fourth-order valence-electron chi connectivity index (χ4n) is 2.58. The summed E-state index contributed by atoms with van der Waals surface area (Å²) in [6.45, 7) is 8.48. The van der Waals surface area contributed by atoms with Crippen molar-refractivity contribution in [2.45, 2.75) is 39.8 Å². The first kappa shape index (κ1) is 15.8. The summed E-state index contributed by atoms with van der Waals surface area (Å²) in [5, 5.41) is 3.61. The van der Waals surface area contributed by atoms with E-state index in [9.17, 15) is 4.39 Å². The van der Waals surface area contributed by atoms with Crippen molar-refractivity contribution in [1.82, 2.24) is 9.88 Å². The molecular formula is C18H25FN2. The summed E-state index contributed by atoms with van der Waals surface area (Å²) in [5.41, 5.74) is 2.43. The molecule has 1 aromatic heterocycles. The monoisotopic (exact) mass is 288 g/mol. The van der Waals surface area contributed by atoms with Crippen LogP contribution in [-0.4, -0.2) is 11.1 Å². The van der Waals surface area contributed by atoms with Gasteiger partial charge in [-0.1, -0.05) is 32.9 Å². The number of nitrogens with zero attached hydrogens (tertiary/aromatic N) is 1. The Morgan fingerprint density at radius 2 is 1.86 bits per heavy atom. The van der Waals surface area contributed by atoms with E-state index < -0.39 is 0 Å². The fourth-order valence-corrected chi connectivity index (χ4v) is 2.58. The normalized spacial score (nSPS) is 12.8. The van der Waals surface area contributed by atoms with Crippen LogP contribution in [0.25, 0.3) is 0 Å². The Balaban J connectivity index is 2.07. The quantitative estimate of drug-likeness (QED) is 0.800. The Morgan fingerprint density at radius 3 is 2.48 bits per heavy atom. The minimum atomic E-state index is -0.185. The maximum Gasteiger partial charge on any atom is 0.123 e. The molecule has 21 heavy (non-hydrogen) atoms. The number of nitrogens with one attached hydrogen (secondary N) is 1. The smallest absolute Gasteiger partial charge is 0.123 e. The van der Waals surface area contributed by atoms with Gasteiger partial charge in [-0.15, -0.1) is 0 Å². The van der Waals surface area contributed by atoms with E-state index in [0.29, 0.717) is 12.0 Å². The minimum absolute atomic E-state index is 0.185. The van der Waals surface area contributed by atoms with E-state index >= 15 is 0 Å². The van der Waals surface area contributed by atoms with Crippen LogP contribution < -0.4 is 5.32 Å². The summed E-state index contributed by atoms with van der Waals surface area (Å²) in [7, 11) is 0. The first-order chi connectivity index (χ1) is 10.1. The van der Waals surface area contributed by atoms with Gasteiger partial charge in [-0.2, -0.15) is 0 Å². The lowest BCUT2D eigenvalue weighted by molar-refractivity contribution is 0.412. The Morgan fingerprint density at radius 1 is 1.14 bits per heavy atom. The molecule has 0 saturated carbocycles. The van der Waals surface area contributed by atoms with E-state index in [0.717, 1.165) is 25.1 Å². The summed E-state index contributed by atoms with van der Waals surface area (Å²) < 4.78 is 15.1. The van der Waals surface area contributed by atoms with Crippen LogP contribution >= 0.6 is 0 Å². The van der Waals surface area contributed by atoms with Gasteiger partial charge in [0.05, 0.1) is 0 Å². The summed E-state index contributed by atoms with van der Waals surface area (Å²) in [4.78, 5) is 0. The highest BCUT2D eigenvalue weighted by molar-refractivity contribution is 5.20. The molecule has 0 fully saturated rings. The van der Waals surface area contributed by atoms with E-state index in [2.05, 4.69) is 49.1 Å². The van der Waals surface area contributed by atoms with Gasteiger partial charge < -0.3 is 9.88 Å². The molecule has 2 aromatic rings. The topological polar surface area (TPSA) is 17.0 Å². The molecule has 1 atom stereocenters. The van der Waals surface area contributed by atoms with E-state index in [1.165, 1.54) is 17.7 Å². The summed E-state index contributed by atoms with van der Waals surface area (Å²) >= 11 is 0. The van der Waals surface area contributed by atoms with Crippen molar-refractivity contribution < 1.29 is 4.39 Å². The lowest BCUT2D eigenvalue weighted by Gasteiger charge is -2.21. The van der Waals surface area contributed by atoms with Crippen LogP contribution in [0.15, 0.2) is 42.7 Å². The molecule has 1 unspecified atom stereocenters. The Kier molecular flexibility index (Phi) is 5.57. The molecule has 1 heterocycles. The molecule has 2 nitrogen and oxygen atoms in total. The molecule has 114 valence electrons. The molecule has 0 amide bonds. The highest BCUT2D eigenvalue weighted by Crippen LogP contribution is 2.22. The average Bonchev–Trinajstić information content (AvgIpc) is 2.90. The second-order valence-corrected chi connectivity index (χ2v) is 5.92. The lowest BCUT2D eigenvalue weighted by atomic mass is 9.98. The van der Waals surface area contributed by atoms with Gasteiger partial charge in [0.1, 0.15) is 5.82 Å². The number of rotatable bonds is 7. The molecule has 0 aliphatic carbocycles. The predicted molar refractivity (Wildman–Crippen MR) is 85.8 cm³/mol. The minimum Gasteiger partial charge on any atom is -0.350 e. The molecule has 1 N–H and O–H groups in total. The van der Waals surface area contributed by atoms with Crippen LogP contribution in [0.2, 0.25) is 0 Å². The van der Waals surface area contributed by atoms with Crippen LogP contribution in [0, 0.1) is 11.7 Å². The molecule has 0 aliphatic rings. The van der Waals surface area contributed by atoms with Gasteiger partial charge >= 0.3 is 0 Å². The zero-order valence-electron chi connectivity index (χ0n) is 13.1. The first-order valence-corrected chi connectivity index (χ1v) is 7.73. The molecule has 2 rings (SSSR count). The third-order valence-corrected chi connectivity index (χ3v) is 3.69. The Bertz CT molecular complexity index is 543. The SMILES string of the molecule is CCCNC(c1ccn(Cc2ccc(F)cc2)c1)C(C)C. The number of aromatic nitrogens is 1. The molecule has 0 aliphatic heterocycles. The van der Waals surface area contributed by atoms with Gasteiger partial charge in [-0.3, -0.25) is 0 Å². The maximum atomic E-state index is 12.9. The van der Waals surface area contributed by atoms with E-state index in [1.54, 1.807) is 0 Å². The van der Waals surface area contributed by atoms with Crippen molar-refractivity contribution in [3.8, 4) is 0 Å². The van der Waals surface area contributed by atoms with Gasteiger partial charge in [-0.25, -0.2) is 4.39 Å². The maximum absolute atomic E-state index is 12.9.